The summed E-state index contributed by atoms with van der Waals surface area (Å²) < 4.78 is 14.0. The fourth-order valence-corrected chi connectivity index (χ4v) is 2.88. The third-order valence-electron chi connectivity index (χ3n) is 4.02. The monoisotopic (exact) mass is 285 g/mol. The Morgan fingerprint density at radius 3 is 2.53 bits per heavy atom. The summed E-state index contributed by atoms with van der Waals surface area (Å²) in [6.45, 7) is 2.93. The standard InChI is InChI=1S/C14H21ClFN3/c1-14(5-3-2-4-6-14)8-19-13-10(18)7-9(17)11(15)12(13)16/h7,19H,2-6,8,17-18H2,1H3. The molecule has 2 rings (SSSR count). The van der Waals surface area contributed by atoms with Gasteiger partial charge in [-0.3, -0.25) is 0 Å². The molecule has 0 atom stereocenters. The summed E-state index contributed by atoms with van der Waals surface area (Å²) in [5.41, 5.74) is 12.3. The second kappa shape index (κ2) is 5.45. The molecule has 5 heteroatoms. The van der Waals surface area contributed by atoms with Gasteiger partial charge in [-0.05, 0) is 24.3 Å². The van der Waals surface area contributed by atoms with Crippen molar-refractivity contribution in [1.29, 1.82) is 0 Å². The van der Waals surface area contributed by atoms with E-state index in [1.165, 1.54) is 25.3 Å². The van der Waals surface area contributed by atoms with E-state index in [2.05, 4.69) is 12.2 Å². The number of rotatable bonds is 3. The highest BCUT2D eigenvalue weighted by Crippen LogP contribution is 2.38. The minimum absolute atomic E-state index is 0.0644. The zero-order chi connectivity index (χ0) is 14.0. The molecule has 3 nitrogen and oxygen atoms in total. The van der Waals surface area contributed by atoms with Crippen molar-refractivity contribution in [2.24, 2.45) is 5.41 Å². The number of anilines is 3. The molecule has 0 radical (unpaired) electrons. The molecule has 106 valence electrons. The average Bonchev–Trinajstić information content (AvgIpc) is 2.37. The molecule has 0 spiro atoms. The second-order valence-electron chi connectivity index (χ2n) is 5.78. The largest absolute Gasteiger partial charge is 0.397 e. The summed E-state index contributed by atoms with van der Waals surface area (Å²) in [6.07, 6.45) is 6.07. The Balaban J connectivity index is 2.13. The molecule has 0 aliphatic heterocycles. The van der Waals surface area contributed by atoms with E-state index in [1.54, 1.807) is 0 Å². The molecule has 0 saturated heterocycles. The van der Waals surface area contributed by atoms with Crippen LogP contribution in [0.15, 0.2) is 6.07 Å². The first-order valence-electron chi connectivity index (χ1n) is 6.70. The van der Waals surface area contributed by atoms with E-state index < -0.39 is 5.82 Å². The van der Waals surface area contributed by atoms with Crippen LogP contribution in [-0.4, -0.2) is 6.54 Å². The van der Waals surface area contributed by atoms with Crippen LogP contribution in [0.5, 0.6) is 0 Å². The predicted molar refractivity (Wildman–Crippen MR) is 79.9 cm³/mol. The summed E-state index contributed by atoms with van der Waals surface area (Å²) in [6, 6.07) is 1.50. The number of nitrogen functional groups attached to an aromatic ring is 2. The molecule has 1 aliphatic rings. The highest BCUT2D eigenvalue weighted by Gasteiger charge is 2.27. The lowest BCUT2D eigenvalue weighted by Gasteiger charge is -2.34. The van der Waals surface area contributed by atoms with Crippen LogP contribution >= 0.6 is 11.6 Å². The molecular formula is C14H21ClFN3. The van der Waals surface area contributed by atoms with Gasteiger partial charge in [0.25, 0.3) is 0 Å². The lowest BCUT2D eigenvalue weighted by Crippen LogP contribution is -2.29. The van der Waals surface area contributed by atoms with E-state index in [4.69, 9.17) is 23.1 Å². The Bertz CT molecular complexity index is 470. The summed E-state index contributed by atoms with van der Waals surface area (Å²) in [4.78, 5) is 0. The fraction of sp³-hybridized carbons (Fsp3) is 0.571. The fourth-order valence-electron chi connectivity index (χ4n) is 2.73. The number of hydrogen-bond acceptors (Lipinski definition) is 3. The minimum atomic E-state index is -0.557. The molecular weight excluding hydrogens is 265 g/mol. The zero-order valence-corrected chi connectivity index (χ0v) is 12.0. The molecule has 1 aromatic carbocycles. The van der Waals surface area contributed by atoms with Crippen molar-refractivity contribution in [2.75, 3.05) is 23.3 Å². The topological polar surface area (TPSA) is 64.1 Å². The van der Waals surface area contributed by atoms with Crippen molar-refractivity contribution in [3.8, 4) is 0 Å². The van der Waals surface area contributed by atoms with Crippen LogP contribution < -0.4 is 16.8 Å². The maximum atomic E-state index is 14.0. The molecule has 0 aromatic heterocycles. The van der Waals surface area contributed by atoms with Gasteiger partial charge in [0.05, 0.1) is 17.1 Å². The Labute approximate surface area is 118 Å². The van der Waals surface area contributed by atoms with Gasteiger partial charge in [-0.2, -0.15) is 0 Å². The van der Waals surface area contributed by atoms with E-state index in [9.17, 15) is 4.39 Å². The van der Waals surface area contributed by atoms with Gasteiger partial charge in [-0.1, -0.05) is 37.8 Å². The van der Waals surface area contributed by atoms with E-state index in [0.717, 1.165) is 12.8 Å². The quantitative estimate of drug-likeness (QED) is 0.735. The molecule has 0 bridgehead atoms. The lowest BCUT2D eigenvalue weighted by molar-refractivity contribution is 0.233. The van der Waals surface area contributed by atoms with Crippen molar-refractivity contribution >= 4 is 28.7 Å². The molecule has 1 aromatic rings. The van der Waals surface area contributed by atoms with Gasteiger partial charge in [-0.25, -0.2) is 4.39 Å². The first kappa shape index (κ1) is 14.3. The van der Waals surface area contributed by atoms with Crippen LogP contribution in [0.4, 0.5) is 21.5 Å². The second-order valence-corrected chi connectivity index (χ2v) is 6.16. The summed E-state index contributed by atoms with van der Waals surface area (Å²) >= 11 is 5.82. The third-order valence-corrected chi connectivity index (χ3v) is 4.40. The highest BCUT2D eigenvalue weighted by atomic mass is 35.5. The summed E-state index contributed by atoms with van der Waals surface area (Å²) in [5.74, 6) is -0.557. The van der Waals surface area contributed by atoms with Gasteiger partial charge in [0.15, 0.2) is 5.82 Å². The molecule has 0 amide bonds. The maximum absolute atomic E-state index is 14.0. The predicted octanol–water partition coefficient (Wildman–Crippen LogP) is 4.03. The van der Waals surface area contributed by atoms with Crippen molar-refractivity contribution in [2.45, 2.75) is 39.0 Å². The third kappa shape index (κ3) is 3.06. The highest BCUT2D eigenvalue weighted by molar-refractivity contribution is 6.33. The van der Waals surface area contributed by atoms with Crippen molar-refractivity contribution < 1.29 is 4.39 Å². The maximum Gasteiger partial charge on any atom is 0.169 e. The van der Waals surface area contributed by atoms with Crippen molar-refractivity contribution in [3.05, 3.63) is 16.9 Å². The van der Waals surface area contributed by atoms with E-state index in [1.807, 2.05) is 0 Å². The van der Waals surface area contributed by atoms with Gasteiger partial charge in [0.2, 0.25) is 0 Å². The van der Waals surface area contributed by atoms with Gasteiger partial charge in [0, 0.05) is 6.54 Å². The van der Waals surface area contributed by atoms with Crippen LogP contribution in [0.1, 0.15) is 39.0 Å². The summed E-state index contributed by atoms with van der Waals surface area (Å²) in [5, 5.41) is 3.06. The van der Waals surface area contributed by atoms with Gasteiger partial charge >= 0.3 is 0 Å². The molecule has 1 fully saturated rings. The van der Waals surface area contributed by atoms with E-state index >= 15 is 0 Å². The van der Waals surface area contributed by atoms with E-state index in [0.29, 0.717) is 12.2 Å². The van der Waals surface area contributed by atoms with Crippen molar-refractivity contribution in [3.63, 3.8) is 0 Å². The minimum Gasteiger partial charge on any atom is -0.397 e. The normalized spacial score (nSPS) is 18.3. The first-order chi connectivity index (χ1) is 8.93. The van der Waals surface area contributed by atoms with Gasteiger partial charge in [-0.15, -0.1) is 0 Å². The molecule has 19 heavy (non-hydrogen) atoms. The lowest BCUT2D eigenvalue weighted by atomic mass is 9.75. The molecule has 0 unspecified atom stereocenters. The van der Waals surface area contributed by atoms with Crippen LogP contribution in [0.25, 0.3) is 0 Å². The first-order valence-corrected chi connectivity index (χ1v) is 7.07. The average molecular weight is 286 g/mol. The number of nitrogens with two attached hydrogens (primary N) is 2. The molecule has 0 heterocycles. The van der Waals surface area contributed by atoms with Gasteiger partial charge < -0.3 is 16.8 Å². The Morgan fingerprint density at radius 2 is 1.89 bits per heavy atom. The number of hydrogen-bond donors (Lipinski definition) is 3. The molecule has 1 saturated carbocycles. The SMILES string of the molecule is CC1(CNc2c(N)cc(N)c(Cl)c2F)CCCCC1. The zero-order valence-electron chi connectivity index (χ0n) is 11.2. The number of halogens is 2. The Kier molecular flexibility index (Phi) is 4.09. The van der Waals surface area contributed by atoms with Gasteiger partial charge in [0.1, 0.15) is 5.02 Å². The Morgan fingerprint density at radius 1 is 1.26 bits per heavy atom. The number of nitrogens with one attached hydrogen (secondary N) is 1. The molecule has 1 aliphatic carbocycles. The van der Waals surface area contributed by atoms with Crippen LogP contribution in [0.2, 0.25) is 5.02 Å². The number of benzene rings is 1. The summed E-state index contributed by atoms with van der Waals surface area (Å²) in [7, 11) is 0. The Hall–Kier alpha value is -1.16. The van der Waals surface area contributed by atoms with Crippen LogP contribution in [-0.2, 0) is 0 Å². The smallest absolute Gasteiger partial charge is 0.169 e. The van der Waals surface area contributed by atoms with Crippen molar-refractivity contribution in [1.82, 2.24) is 0 Å². The molecule has 5 N–H and O–H groups in total. The van der Waals surface area contributed by atoms with Crippen LogP contribution in [0, 0.1) is 11.2 Å². The van der Waals surface area contributed by atoms with E-state index in [-0.39, 0.29) is 21.8 Å². The van der Waals surface area contributed by atoms with Crippen LogP contribution in [0.3, 0.4) is 0 Å².